The first kappa shape index (κ1) is 15.0. The normalized spacial score (nSPS) is 11.6. The second-order valence-corrected chi connectivity index (χ2v) is 4.93. The molecule has 0 aliphatic heterocycles. The van der Waals surface area contributed by atoms with Gasteiger partial charge in [-0.2, -0.15) is 13.2 Å². The Labute approximate surface area is 128 Å². The van der Waals surface area contributed by atoms with E-state index in [9.17, 15) is 23.1 Å². The molecule has 2 aromatic carbocycles. The molecule has 0 spiro atoms. The molecule has 3 rings (SSSR count). The largest absolute Gasteiger partial charge is 0.507 e. The highest BCUT2D eigenvalue weighted by molar-refractivity contribution is 6.14. The second kappa shape index (κ2) is 5.35. The Bertz CT molecular complexity index is 884. The van der Waals surface area contributed by atoms with Crippen molar-refractivity contribution >= 4 is 22.5 Å². The zero-order chi connectivity index (χ0) is 16.6. The van der Waals surface area contributed by atoms with Gasteiger partial charge in [-0.1, -0.05) is 12.1 Å². The van der Waals surface area contributed by atoms with E-state index in [2.05, 4.69) is 10.3 Å². The summed E-state index contributed by atoms with van der Waals surface area (Å²) in [7, 11) is 0. The Morgan fingerprint density at radius 1 is 1.13 bits per heavy atom. The molecule has 118 valence electrons. The fourth-order valence-corrected chi connectivity index (χ4v) is 2.32. The summed E-state index contributed by atoms with van der Waals surface area (Å²) in [5.74, 6) is -0.699. The van der Waals surface area contributed by atoms with Crippen LogP contribution < -0.4 is 5.32 Å². The smallest absolute Gasteiger partial charge is 0.416 e. The van der Waals surface area contributed by atoms with Crippen molar-refractivity contribution in [1.29, 1.82) is 0 Å². The SMILES string of the molecule is O=C(Nc1cccc(C(F)(F)F)c1)c1c[nH]c2cccc(O)c12. The molecule has 0 bridgehead atoms. The van der Waals surface area contributed by atoms with Gasteiger partial charge in [-0.15, -0.1) is 0 Å². The Balaban J connectivity index is 1.93. The summed E-state index contributed by atoms with van der Waals surface area (Å²) in [4.78, 5) is 15.1. The third kappa shape index (κ3) is 2.85. The molecule has 0 unspecified atom stereocenters. The van der Waals surface area contributed by atoms with Crippen molar-refractivity contribution in [1.82, 2.24) is 4.98 Å². The van der Waals surface area contributed by atoms with Gasteiger partial charge in [-0.05, 0) is 30.3 Å². The van der Waals surface area contributed by atoms with E-state index in [1.54, 1.807) is 12.1 Å². The summed E-state index contributed by atoms with van der Waals surface area (Å²) in [5.41, 5.74) is -0.124. The van der Waals surface area contributed by atoms with Gasteiger partial charge >= 0.3 is 6.18 Å². The molecular weight excluding hydrogens is 309 g/mol. The van der Waals surface area contributed by atoms with Crippen LogP contribution in [0.3, 0.4) is 0 Å². The first-order chi connectivity index (χ1) is 10.9. The molecule has 3 N–H and O–H groups in total. The van der Waals surface area contributed by atoms with Crippen molar-refractivity contribution < 1.29 is 23.1 Å². The van der Waals surface area contributed by atoms with Gasteiger partial charge in [0.15, 0.2) is 0 Å². The van der Waals surface area contributed by atoms with Gasteiger partial charge in [0, 0.05) is 17.4 Å². The third-order valence-corrected chi connectivity index (χ3v) is 3.38. The molecule has 0 saturated heterocycles. The fourth-order valence-electron chi connectivity index (χ4n) is 2.32. The number of aromatic nitrogens is 1. The molecule has 0 atom stereocenters. The van der Waals surface area contributed by atoms with Crippen molar-refractivity contribution in [3.05, 3.63) is 59.8 Å². The van der Waals surface area contributed by atoms with E-state index in [1.807, 2.05) is 0 Å². The lowest BCUT2D eigenvalue weighted by atomic mass is 10.1. The van der Waals surface area contributed by atoms with E-state index in [0.29, 0.717) is 10.9 Å². The number of H-pyrrole nitrogens is 1. The average Bonchev–Trinajstić information content (AvgIpc) is 2.92. The van der Waals surface area contributed by atoms with Gasteiger partial charge < -0.3 is 15.4 Å². The number of carbonyl (C=O) groups excluding carboxylic acids is 1. The molecule has 0 radical (unpaired) electrons. The number of rotatable bonds is 2. The number of nitrogens with one attached hydrogen (secondary N) is 2. The zero-order valence-electron chi connectivity index (χ0n) is 11.6. The lowest BCUT2D eigenvalue weighted by molar-refractivity contribution is -0.137. The number of carbonyl (C=O) groups is 1. The molecule has 4 nitrogen and oxygen atoms in total. The van der Waals surface area contributed by atoms with Crippen LogP contribution in [-0.2, 0) is 6.18 Å². The van der Waals surface area contributed by atoms with Crippen LogP contribution in [0.2, 0.25) is 0 Å². The number of benzene rings is 2. The number of halogens is 3. The molecule has 1 heterocycles. The summed E-state index contributed by atoms with van der Waals surface area (Å²) in [6.45, 7) is 0. The molecule has 3 aromatic rings. The number of amides is 1. The molecule has 0 aliphatic carbocycles. The van der Waals surface area contributed by atoms with E-state index in [0.717, 1.165) is 12.1 Å². The van der Waals surface area contributed by atoms with Crippen molar-refractivity contribution in [2.45, 2.75) is 6.18 Å². The standard InChI is InChI=1S/C16H11F3N2O2/c17-16(18,19)9-3-1-4-10(7-9)21-15(23)11-8-20-12-5-2-6-13(22)14(11)12/h1-8,20,22H,(H,21,23). The Morgan fingerprint density at radius 2 is 1.87 bits per heavy atom. The molecule has 1 amide bonds. The number of alkyl halides is 3. The molecule has 23 heavy (non-hydrogen) atoms. The van der Waals surface area contributed by atoms with Crippen LogP contribution in [0.4, 0.5) is 18.9 Å². The van der Waals surface area contributed by atoms with Gasteiger partial charge in [0.25, 0.3) is 5.91 Å². The summed E-state index contributed by atoms with van der Waals surface area (Å²) < 4.78 is 38.1. The molecule has 0 saturated carbocycles. The minimum Gasteiger partial charge on any atom is -0.507 e. The van der Waals surface area contributed by atoms with Crippen LogP contribution in [0.5, 0.6) is 5.75 Å². The number of aromatic hydroxyl groups is 1. The monoisotopic (exact) mass is 320 g/mol. The second-order valence-electron chi connectivity index (χ2n) is 4.93. The van der Waals surface area contributed by atoms with Gasteiger partial charge in [-0.25, -0.2) is 0 Å². The van der Waals surface area contributed by atoms with E-state index in [-0.39, 0.29) is 17.0 Å². The molecular formula is C16H11F3N2O2. The van der Waals surface area contributed by atoms with Crippen LogP contribution in [0.25, 0.3) is 10.9 Å². The van der Waals surface area contributed by atoms with Crippen LogP contribution >= 0.6 is 0 Å². The highest BCUT2D eigenvalue weighted by Gasteiger charge is 2.30. The number of aromatic amines is 1. The fraction of sp³-hybridized carbons (Fsp3) is 0.0625. The Kier molecular flexibility index (Phi) is 3.48. The Morgan fingerprint density at radius 3 is 2.61 bits per heavy atom. The van der Waals surface area contributed by atoms with E-state index in [1.165, 1.54) is 24.4 Å². The lowest BCUT2D eigenvalue weighted by Gasteiger charge is -2.09. The van der Waals surface area contributed by atoms with E-state index >= 15 is 0 Å². The summed E-state index contributed by atoms with van der Waals surface area (Å²) in [6.07, 6.45) is -3.09. The summed E-state index contributed by atoms with van der Waals surface area (Å²) in [5, 5.41) is 12.6. The minimum atomic E-state index is -4.49. The average molecular weight is 320 g/mol. The van der Waals surface area contributed by atoms with E-state index < -0.39 is 17.6 Å². The number of anilines is 1. The van der Waals surface area contributed by atoms with Crippen LogP contribution in [0.1, 0.15) is 15.9 Å². The van der Waals surface area contributed by atoms with Crippen molar-refractivity contribution in [2.75, 3.05) is 5.32 Å². The number of phenols is 1. The lowest BCUT2D eigenvalue weighted by Crippen LogP contribution is -2.12. The van der Waals surface area contributed by atoms with Crippen molar-refractivity contribution in [3.63, 3.8) is 0 Å². The predicted molar refractivity (Wildman–Crippen MR) is 79.4 cm³/mol. The van der Waals surface area contributed by atoms with Gasteiger partial charge in [0.2, 0.25) is 0 Å². The highest BCUT2D eigenvalue weighted by atomic mass is 19.4. The quantitative estimate of drug-likeness (QED) is 0.664. The molecule has 0 aliphatic rings. The molecule has 1 aromatic heterocycles. The number of fused-ring (bicyclic) bond motifs is 1. The topological polar surface area (TPSA) is 65.1 Å². The summed E-state index contributed by atoms with van der Waals surface area (Å²) >= 11 is 0. The van der Waals surface area contributed by atoms with Crippen LogP contribution in [-0.4, -0.2) is 16.0 Å². The first-order valence-electron chi connectivity index (χ1n) is 6.64. The maximum atomic E-state index is 12.7. The first-order valence-corrected chi connectivity index (χ1v) is 6.64. The molecule has 0 fully saturated rings. The van der Waals surface area contributed by atoms with Crippen molar-refractivity contribution in [3.8, 4) is 5.75 Å². The van der Waals surface area contributed by atoms with E-state index in [4.69, 9.17) is 0 Å². The number of hydrogen-bond donors (Lipinski definition) is 3. The van der Waals surface area contributed by atoms with Crippen molar-refractivity contribution in [2.24, 2.45) is 0 Å². The Hall–Kier alpha value is -2.96. The molecule has 7 heteroatoms. The van der Waals surface area contributed by atoms with Gasteiger partial charge in [0.05, 0.1) is 16.5 Å². The maximum Gasteiger partial charge on any atom is 0.416 e. The van der Waals surface area contributed by atoms with Gasteiger partial charge in [0.1, 0.15) is 5.75 Å². The minimum absolute atomic E-state index is 0.0228. The highest BCUT2D eigenvalue weighted by Crippen LogP contribution is 2.31. The van der Waals surface area contributed by atoms with Gasteiger partial charge in [-0.3, -0.25) is 4.79 Å². The zero-order valence-corrected chi connectivity index (χ0v) is 11.6. The van der Waals surface area contributed by atoms with Crippen LogP contribution in [0, 0.1) is 0 Å². The maximum absolute atomic E-state index is 12.7. The van der Waals surface area contributed by atoms with Crippen LogP contribution in [0.15, 0.2) is 48.7 Å². The third-order valence-electron chi connectivity index (χ3n) is 3.38. The number of hydrogen-bond acceptors (Lipinski definition) is 2. The number of phenolic OH excluding ortho intramolecular Hbond substituents is 1. The predicted octanol–water partition coefficient (Wildman–Crippen LogP) is 4.14. The summed E-state index contributed by atoms with van der Waals surface area (Å²) in [6, 6.07) is 9.07.